The lowest BCUT2D eigenvalue weighted by atomic mass is 10.1. The molecule has 19 heavy (non-hydrogen) atoms. The molecule has 0 amide bonds. The fraction of sp³-hybridized carbons (Fsp3) is 0.733. The predicted octanol–water partition coefficient (Wildman–Crippen LogP) is 3.40. The smallest absolute Gasteiger partial charge is 0.310 e. The van der Waals surface area contributed by atoms with Crippen molar-refractivity contribution in [3.8, 4) is 0 Å². The van der Waals surface area contributed by atoms with Crippen molar-refractivity contribution in [2.24, 2.45) is 0 Å². The Bertz CT molecular complexity index is 295. The van der Waals surface area contributed by atoms with E-state index in [1.165, 1.54) is 0 Å². The van der Waals surface area contributed by atoms with Crippen molar-refractivity contribution in [1.29, 1.82) is 0 Å². The number of carbonyl (C=O) groups excluding carboxylic acids is 2. The van der Waals surface area contributed by atoms with Crippen molar-refractivity contribution in [3.05, 3.63) is 11.6 Å². The lowest BCUT2D eigenvalue weighted by Gasteiger charge is -2.08. The Hall–Kier alpha value is -1.32. The SMILES string of the molecule is CCC=C(CCC)CC(=O)OCCOC(=O)CCC. The van der Waals surface area contributed by atoms with Gasteiger partial charge in [0.15, 0.2) is 0 Å². The summed E-state index contributed by atoms with van der Waals surface area (Å²) in [6.07, 6.45) is 6.46. The molecule has 0 heterocycles. The van der Waals surface area contributed by atoms with E-state index in [1.807, 2.05) is 13.8 Å². The van der Waals surface area contributed by atoms with Crippen molar-refractivity contribution in [2.45, 2.75) is 59.3 Å². The normalized spacial score (nSPS) is 11.2. The molecule has 0 rings (SSSR count). The van der Waals surface area contributed by atoms with E-state index in [-0.39, 0.29) is 25.2 Å². The van der Waals surface area contributed by atoms with Gasteiger partial charge >= 0.3 is 11.9 Å². The average molecular weight is 270 g/mol. The third kappa shape index (κ3) is 10.3. The third-order valence-corrected chi connectivity index (χ3v) is 2.50. The standard InChI is InChI=1S/C15H26O4/c1-4-7-13(8-5-2)12-15(17)19-11-10-18-14(16)9-6-3/h7H,4-6,8-12H2,1-3H3. The van der Waals surface area contributed by atoms with Crippen LogP contribution >= 0.6 is 0 Å². The van der Waals surface area contributed by atoms with Gasteiger partial charge in [0.25, 0.3) is 0 Å². The zero-order valence-electron chi connectivity index (χ0n) is 12.4. The lowest BCUT2D eigenvalue weighted by Crippen LogP contribution is -2.14. The lowest BCUT2D eigenvalue weighted by molar-refractivity contribution is -0.151. The van der Waals surface area contributed by atoms with E-state index in [0.717, 1.165) is 31.3 Å². The fourth-order valence-electron chi connectivity index (χ4n) is 1.70. The molecule has 4 nitrogen and oxygen atoms in total. The van der Waals surface area contributed by atoms with Crippen LogP contribution in [0.3, 0.4) is 0 Å². The second kappa shape index (κ2) is 11.8. The number of rotatable bonds is 10. The number of hydrogen-bond acceptors (Lipinski definition) is 4. The summed E-state index contributed by atoms with van der Waals surface area (Å²) in [7, 11) is 0. The molecule has 0 aliphatic carbocycles. The molecular weight excluding hydrogens is 244 g/mol. The first-order chi connectivity index (χ1) is 9.13. The van der Waals surface area contributed by atoms with Gasteiger partial charge in [-0.3, -0.25) is 9.59 Å². The largest absolute Gasteiger partial charge is 0.462 e. The van der Waals surface area contributed by atoms with E-state index in [0.29, 0.717) is 12.8 Å². The van der Waals surface area contributed by atoms with Crippen molar-refractivity contribution in [2.75, 3.05) is 13.2 Å². The van der Waals surface area contributed by atoms with E-state index >= 15 is 0 Å². The minimum atomic E-state index is -0.250. The Labute approximate surface area is 116 Å². The molecule has 0 saturated carbocycles. The first kappa shape index (κ1) is 17.7. The highest BCUT2D eigenvalue weighted by Gasteiger charge is 2.07. The Morgan fingerprint density at radius 2 is 1.47 bits per heavy atom. The summed E-state index contributed by atoms with van der Waals surface area (Å²) in [4.78, 5) is 22.6. The number of esters is 2. The molecule has 110 valence electrons. The van der Waals surface area contributed by atoms with E-state index < -0.39 is 0 Å². The quantitative estimate of drug-likeness (QED) is 0.347. The molecule has 4 heteroatoms. The predicted molar refractivity (Wildman–Crippen MR) is 74.7 cm³/mol. The summed E-state index contributed by atoms with van der Waals surface area (Å²) < 4.78 is 9.94. The molecule has 0 bridgehead atoms. The van der Waals surface area contributed by atoms with Crippen molar-refractivity contribution >= 4 is 11.9 Å². The summed E-state index contributed by atoms with van der Waals surface area (Å²) in [5, 5.41) is 0. The van der Waals surface area contributed by atoms with Gasteiger partial charge in [-0.15, -0.1) is 0 Å². The molecule has 0 radical (unpaired) electrons. The second-order valence-corrected chi connectivity index (χ2v) is 4.39. The number of allylic oxidation sites excluding steroid dienone is 1. The summed E-state index contributed by atoms with van der Waals surface area (Å²) >= 11 is 0. The highest BCUT2D eigenvalue weighted by Crippen LogP contribution is 2.11. The van der Waals surface area contributed by atoms with E-state index in [1.54, 1.807) is 0 Å². The maximum Gasteiger partial charge on any atom is 0.310 e. The van der Waals surface area contributed by atoms with E-state index in [2.05, 4.69) is 13.0 Å². The Morgan fingerprint density at radius 3 is 2.00 bits per heavy atom. The third-order valence-electron chi connectivity index (χ3n) is 2.50. The molecule has 0 N–H and O–H groups in total. The van der Waals surface area contributed by atoms with Crippen LogP contribution in [-0.4, -0.2) is 25.2 Å². The van der Waals surface area contributed by atoms with Crippen LogP contribution in [0.4, 0.5) is 0 Å². The molecular formula is C15H26O4. The van der Waals surface area contributed by atoms with Gasteiger partial charge < -0.3 is 9.47 Å². The van der Waals surface area contributed by atoms with Gasteiger partial charge in [-0.1, -0.05) is 38.8 Å². The molecule has 0 saturated heterocycles. The number of ether oxygens (including phenoxy) is 2. The van der Waals surface area contributed by atoms with E-state index in [4.69, 9.17) is 9.47 Å². The van der Waals surface area contributed by atoms with Gasteiger partial charge in [0, 0.05) is 6.42 Å². The van der Waals surface area contributed by atoms with Gasteiger partial charge in [-0.2, -0.15) is 0 Å². The van der Waals surface area contributed by atoms with Gasteiger partial charge in [0.1, 0.15) is 13.2 Å². The minimum absolute atomic E-state index is 0.139. The van der Waals surface area contributed by atoms with Crippen LogP contribution in [-0.2, 0) is 19.1 Å². The molecule has 0 aromatic rings. The van der Waals surface area contributed by atoms with Gasteiger partial charge in [0.05, 0.1) is 6.42 Å². The van der Waals surface area contributed by atoms with Crippen molar-refractivity contribution < 1.29 is 19.1 Å². The zero-order valence-corrected chi connectivity index (χ0v) is 12.4. The van der Waals surface area contributed by atoms with E-state index in [9.17, 15) is 9.59 Å². The number of hydrogen-bond donors (Lipinski definition) is 0. The molecule has 0 aromatic heterocycles. The van der Waals surface area contributed by atoms with Gasteiger partial charge in [0.2, 0.25) is 0 Å². The van der Waals surface area contributed by atoms with Crippen LogP contribution < -0.4 is 0 Å². The molecule has 0 aliphatic rings. The van der Waals surface area contributed by atoms with Crippen molar-refractivity contribution in [3.63, 3.8) is 0 Å². The molecule has 0 spiro atoms. The van der Waals surface area contributed by atoms with Crippen LogP contribution in [0.25, 0.3) is 0 Å². The zero-order chi connectivity index (χ0) is 14.5. The second-order valence-electron chi connectivity index (χ2n) is 4.39. The highest BCUT2D eigenvalue weighted by molar-refractivity contribution is 5.72. The molecule has 0 atom stereocenters. The first-order valence-electron chi connectivity index (χ1n) is 7.13. The van der Waals surface area contributed by atoms with Crippen LogP contribution in [0.2, 0.25) is 0 Å². The Balaban J connectivity index is 3.79. The molecule has 0 fully saturated rings. The first-order valence-corrected chi connectivity index (χ1v) is 7.13. The molecule has 0 aromatic carbocycles. The average Bonchev–Trinajstić information content (AvgIpc) is 2.35. The number of carbonyl (C=O) groups is 2. The van der Waals surface area contributed by atoms with Gasteiger partial charge in [-0.25, -0.2) is 0 Å². The van der Waals surface area contributed by atoms with Gasteiger partial charge in [-0.05, 0) is 19.3 Å². The monoisotopic (exact) mass is 270 g/mol. The van der Waals surface area contributed by atoms with Crippen LogP contribution in [0.5, 0.6) is 0 Å². The summed E-state index contributed by atoms with van der Waals surface area (Å²) in [5.74, 6) is -0.490. The van der Waals surface area contributed by atoms with Crippen molar-refractivity contribution in [1.82, 2.24) is 0 Å². The van der Waals surface area contributed by atoms with Crippen LogP contribution in [0.15, 0.2) is 11.6 Å². The highest BCUT2D eigenvalue weighted by atomic mass is 16.6. The molecule has 0 aliphatic heterocycles. The fourth-order valence-corrected chi connectivity index (χ4v) is 1.70. The maximum atomic E-state index is 11.6. The topological polar surface area (TPSA) is 52.6 Å². The summed E-state index contributed by atoms with van der Waals surface area (Å²) in [6, 6.07) is 0. The summed E-state index contributed by atoms with van der Waals surface area (Å²) in [5.41, 5.74) is 1.12. The molecule has 0 unspecified atom stereocenters. The maximum absolute atomic E-state index is 11.6. The minimum Gasteiger partial charge on any atom is -0.462 e. The summed E-state index contributed by atoms with van der Waals surface area (Å²) in [6.45, 7) is 6.33. The Kier molecular flexibility index (Phi) is 10.9. The van der Waals surface area contributed by atoms with Crippen LogP contribution in [0.1, 0.15) is 59.3 Å². The Morgan fingerprint density at radius 1 is 0.895 bits per heavy atom. The van der Waals surface area contributed by atoms with Crippen LogP contribution in [0, 0.1) is 0 Å².